The highest BCUT2D eigenvalue weighted by Crippen LogP contribution is 2.41. The predicted octanol–water partition coefficient (Wildman–Crippen LogP) is 5.53. The summed E-state index contributed by atoms with van der Waals surface area (Å²) in [6, 6.07) is 19.0. The van der Waals surface area contributed by atoms with Crippen LogP contribution in [0.15, 0.2) is 66.7 Å². The summed E-state index contributed by atoms with van der Waals surface area (Å²) >= 11 is 6.08. The molecule has 1 N–H and O–H groups in total. The quantitative estimate of drug-likeness (QED) is 0.320. The number of nitrogens with one attached hydrogen (secondary N) is 1. The van der Waals surface area contributed by atoms with E-state index < -0.39 is 11.0 Å². The number of rotatable bonds is 4. The van der Waals surface area contributed by atoms with E-state index in [2.05, 4.69) is 4.98 Å². The highest BCUT2D eigenvalue weighted by atomic mass is 35.5. The standard InChI is InChI=1S/C25H20ClN3O4/c1-33-17-8-10-21-19(14-17)18-11-12-28(25(30)15-5-3-2-4-6-15)24(23(18)27-21)16-7-9-20(26)22(13-16)29(31)32/h2-10,13-14,24,27H,11-12H2,1H3/t24-/m0/s1. The van der Waals surface area contributed by atoms with Gasteiger partial charge in [0.1, 0.15) is 10.8 Å². The van der Waals surface area contributed by atoms with Crippen LogP contribution in [0.4, 0.5) is 5.69 Å². The number of fused-ring (bicyclic) bond motifs is 3. The molecule has 1 amide bonds. The molecule has 0 fully saturated rings. The molecule has 0 bridgehead atoms. The van der Waals surface area contributed by atoms with Crippen molar-refractivity contribution >= 4 is 34.1 Å². The number of halogens is 1. The molecule has 0 radical (unpaired) electrons. The summed E-state index contributed by atoms with van der Waals surface area (Å²) in [5.74, 6) is 0.603. The number of nitrogens with zero attached hydrogens (tertiary/aromatic N) is 2. The maximum Gasteiger partial charge on any atom is 0.288 e. The fraction of sp³-hybridized carbons (Fsp3) is 0.160. The van der Waals surface area contributed by atoms with E-state index in [4.69, 9.17) is 16.3 Å². The summed E-state index contributed by atoms with van der Waals surface area (Å²) in [5.41, 5.74) is 3.82. The minimum absolute atomic E-state index is 0.0575. The van der Waals surface area contributed by atoms with Gasteiger partial charge in [0.2, 0.25) is 0 Å². The van der Waals surface area contributed by atoms with E-state index >= 15 is 0 Å². The van der Waals surface area contributed by atoms with Gasteiger partial charge in [0.05, 0.1) is 18.1 Å². The van der Waals surface area contributed by atoms with Gasteiger partial charge in [-0.3, -0.25) is 14.9 Å². The number of methoxy groups -OCH3 is 1. The fourth-order valence-electron chi connectivity index (χ4n) is 4.55. The molecule has 1 aliphatic heterocycles. The molecule has 0 unspecified atom stereocenters. The molecule has 5 rings (SSSR count). The normalized spacial score (nSPS) is 15.3. The Morgan fingerprint density at radius 1 is 1.15 bits per heavy atom. The Labute approximate surface area is 194 Å². The Kier molecular flexibility index (Phi) is 5.26. The van der Waals surface area contributed by atoms with Gasteiger partial charge in [0, 0.05) is 34.8 Å². The van der Waals surface area contributed by atoms with Crippen LogP contribution in [0.5, 0.6) is 5.75 Å². The van der Waals surface area contributed by atoms with E-state index in [0.29, 0.717) is 24.1 Å². The van der Waals surface area contributed by atoms with Crippen molar-refractivity contribution in [3.63, 3.8) is 0 Å². The number of nitro groups is 1. The van der Waals surface area contributed by atoms with Crippen molar-refractivity contribution < 1.29 is 14.5 Å². The van der Waals surface area contributed by atoms with Crippen molar-refractivity contribution in [3.05, 3.63) is 104 Å². The third-order valence-electron chi connectivity index (χ3n) is 6.10. The monoisotopic (exact) mass is 461 g/mol. The lowest BCUT2D eigenvalue weighted by molar-refractivity contribution is -0.384. The molecular weight excluding hydrogens is 442 g/mol. The maximum absolute atomic E-state index is 13.5. The van der Waals surface area contributed by atoms with Gasteiger partial charge < -0.3 is 14.6 Å². The van der Waals surface area contributed by atoms with Crippen molar-refractivity contribution in [3.8, 4) is 5.75 Å². The molecule has 33 heavy (non-hydrogen) atoms. The zero-order chi connectivity index (χ0) is 23.1. The molecule has 1 aliphatic rings. The van der Waals surface area contributed by atoms with E-state index in [-0.39, 0.29) is 16.6 Å². The van der Waals surface area contributed by atoms with E-state index in [9.17, 15) is 14.9 Å². The number of aromatic nitrogens is 1. The molecule has 3 aromatic carbocycles. The molecule has 1 aromatic heterocycles. The molecule has 4 aromatic rings. The second-order valence-corrected chi connectivity index (χ2v) is 8.32. The number of benzene rings is 3. The minimum Gasteiger partial charge on any atom is -0.497 e. The van der Waals surface area contributed by atoms with Crippen molar-refractivity contribution in [2.24, 2.45) is 0 Å². The Morgan fingerprint density at radius 3 is 2.67 bits per heavy atom. The molecule has 0 aliphatic carbocycles. The van der Waals surface area contributed by atoms with Crippen LogP contribution in [-0.2, 0) is 6.42 Å². The Balaban J connectivity index is 1.70. The number of carbonyl (C=O) groups excluding carboxylic acids is 1. The van der Waals surface area contributed by atoms with Crippen molar-refractivity contribution in [2.75, 3.05) is 13.7 Å². The predicted molar refractivity (Wildman–Crippen MR) is 126 cm³/mol. The van der Waals surface area contributed by atoms with Gasteiger partial charge in [-0.05, 0) is 53.9 Å². The first-order valence-corrected chi connectivity index (χ1v) is 10.8. The molecule has 0 spiro atoms. The van der Waals surface area contributed by atoms with Crippen LogP contribution in [0.1, 0.15) is 33.2 Å². The van der Waals surface area contributed by atoms with E-state index in [1.807, 2.05) is 36.4 Å². The molecule has 0 saturated carbocycles. The largest absolute Gasteiger partial charge is 0.497 e. The number of amides is 1. The highest BCUT2D eigenvalue weighted by Gasteiger charge is 2.36. The van der Waals surface area contributed by atoms with Gasteiger partial charge in [-0.15, -0.1) is 0 Å². The van der Waals surface area contributed by atoms with E-state index in [0.717, 1.165) is 27.9 Å². The molecular formula is C25H20ClN3O4. The van der Waals surface area contributed by atoms with Crippen LogP contribution in [0, 0.1) is 10.1 Å². The molecule has 7 nitrogen and oxygen atoms in total. The third kappa shape index (κ3) is 3.60. The van der Waals surface area contributed by atoms with Gasteiger partial charge in [-0.1, -0.05) is 35.9 Å². The molecule has 2 heterocycles. The SMILES string of the molecule is COc1ccc2[nH]c3c(c2c1)CCN(C(=O)c1ccccc1)[C@H]3c1ccc(Cl)c([N+](=O)[O-])c1. The van der Waals surface area contributed by atoms with Crippen LogP contribution in [0.25, 0.3) is 10.9 Å². The summed E-state index contributed by atoms with van der Waals surface area (Å²) in [4.78, 5) is 29.8. The molecule has 1 atom stereocenters. The van der Waals surface area contributed by atoms with Gasteiger partial charge in [-0.2, -0.15) is 0 Å². The first kappa shape index (κ1) is 21.0. The van der Waals surface area contributed by atoms with E-state index in [1.54, 1.807) is 30.2 Å². The van der Waals surface area contributed by atoms with Gasteiger partial charge in [0.25, 0.3) is 11.6 Å². The van der Waals surface area contributed by atoms with Gasteiger partial charge >= 0.3 is 0 Å². The lowest BCUT2D eigenvalue weighted by Gasteiger charge is -2.36. The van der Waals surface area contributed by atoms with Crippen LogP contribution in [0.2, 0.25) is 5.02 Å². The number of H-pyrrole nitrogens is 1. The van der Waals surface area contributed by atoms with Crippen LogP contribution in [0.3, 0.4) is 0 Å². The number of hydrogen-bond acceptors (Lipinski definition) is 4. The number of nitro benzene ring substituents is 1. The second-order valence-electron chi connectivity index (χ2n) is 7.91. The molecule has 166 valence electrons. The average molecular weight is 462 g/mol. The lowest BCUT2D eigenvalue weighted by atomic mass is 9.91. The maximum atomic E-state index is 13.5. The number of carbonyl (C=O) groups is 1. The number of aromatic amines is 1. The Bertz CT molecular complexity index is 1380. The van der Waals surface area contributed by atoms with Crippen molar-refractivity contribution in [2.45, 2.75) is 12.5 Å². The lowest BCUT2D eigenvalue weighted by Crippen LogP contribution is -2.40. The average Bonchev–Trinajstić information content (AvgIpc) is 3.21. The van der Waals surface area contributed by atoms with Crippen LogP contribution >= 0.6 is 11.6 Å². The minimum atomic E-state index is -0.532. The summed E-state index contributed by atoms with van der Waals surface area (Å²) in [5, 5.41) is 12.6. The first-order chi connectivity index (χ1) is 16.0. The van der Waals surface area contributed by atoms with Crippen LogP contribution in [-0.4, -0.2) is 34.4 Å². The topological polar surface area (TPSA) is 88.5 Å². The Morgan fingerprint density at radius 2 is 1.94 bits per heavy atom. The van der Waals surface area contributed by atoms with Crippen LogP contribution < -0.4 is 4.74 Å². The molecule has 0 saturated heterocycles. The smallest absolute Gasteiger partial charge is 0.288 e. The first-order valence-electron chi connectivity index (χ1n) is 10.5. The van der Waals surface area contributed by atoms with Crippen molar-refractivity contribution in [1.29, 1.82) is 0 Å². The summed E-state index contributed by atoms with van der Waals surface area (Å²) in [6.45, 7) is 0.464. The zero-order valence-corrected chi connectivity index (χ0v) is 18.5. The Hall–Kier alpha value is -3.84. The third-order valence-corrected chi connectivity index (χ3v) is 6.42. The van der Waals surface area contributed by atoms with Gasteiger partial charge in [0.15, 0.2) is 0 Å². The summed E-state index contributed by atoms with van der Waals surface area (Å²) < 4.78 is 5.40. The highest BCUT2D eigenvalue weighted by molar-refractivity contribution is 6.32. The number of hydrogen-bond donors (Lipinski definition) is 1. The summed E-state index contributed by atoms with van der Waals surface area (Å²) in [7, 11) is 1.62. The van der Waals surface area contributed by atoms with Gasteiger partial charge in [-0.25, -0.2) is 0 Å². The van der Waals surface area contributed by atoms with Crippen molar-refractivity contribution in [1.82, 2.24) is 9.88 Å². The fourth-order valence-corrected chi connectivity index (χ4v) is 4.73. The summed E-state index contributed by atoms with van der Waals surface area (Å²) in [6.07, 6.45) is 0.646. The van der Waals surface area contributed by atoms with E-state index in [1.165, 1.54) is 12.1 Å². The number of ether oxygens (including phenoxy) is 1. The second kappa shape index (κ2) is 8.26. The zero-order valence-electron chi connectivity index (χ0n) is 17.7. The molecule has 8 heteroatoms.